The molecule has 5 nitrogen and oxygen atoms in total. The average Bonchev–Trinajstić information content (AvgIpc) is 2.97. The molecular weight excluding hydrogens is 353 g/mol. The van der Waals surface area contributed by atoms with Gasteiger partial charge >= 0.3 is 0 Å². The molecule has 0 unspecified atom stereocenters. The molecule has 0 saturated carbocycles. The molecule has 0 aliphatic rings. The first-order valence-corrected chi connectivity index (χ1v) is 9.05. The molecule has 0 bridgehead atoms. The molecule has 1 N–H and O–H groups in total. The number of aromatic nitrogens is 2. The molecule has 0 radical (unpaired) electrons. The lowest BCUT2D eigenvalue weighted by Gasteiger charge is -2.09. The van der Waals surface area contributed by atoms with Crippen molar-refractivity contribution in [1.82, 2.24) is 15.5 Å². The summed E-state index contributed by atoms with van der Waals surface area (Å²) >= 11 is 1.46. The Morgan fingerprint density at radius 2 is 2.00 bits per heavy atom. The van der Waals surface area contributed by atoms with Gasteiger partial charge in [0.05, 0.1) is 11.3 Å². The number of halogens is 1. The molecule has 0 aliphatic heterocycles. The highest BCUT2D eigenvalue weighted by Gasteiger charge is 2.15. The van der Waals surface area contributed by atoms with Crippen LogP contribution >= 0.6 is 11.8 Å². The van der Waals surface area contributed by atoms with E-state index in [2.05, 4.69) is 15.5 Å². The number of nitrogens with zero attached hydrogens (tertiary/aromatic N) is 2. The second-order valence-electron chi connectivity index (χ2n) is 5.76. The molecule has 1 amide bonds. The van der Waals surface area contributed by atoms with E-state index in [1.165, 1.54) is 23.9 Å². The van der Waals surface area contributed by atoms with Gasteiger partial charge in [-0.3, -0.25) is 4.79 Å². The van der Waals surface area contributed by atoms with Crippen molar-refractivity contribution in [1.29, 1.82) is 0 Å². The number of pyridine rings is 1. The second-order valence-corrected chi connectivity index (χ2v) is 6.72. The van der Waals surface area contributed by atoms with Crippen molar-refractivity contribution in [2.75, 3.05) is 0 Å². The number of aryl methyl sites for hydroxylation is 2. The van der Waals surface area contributed by atoms with Gasteiger partial charge in [-0.05, 0) is 43.7 Å². The third-order valence-corrected chi connectivity index (χ3v) is 4.95. The molecule has 1 aromatic carbocycles. The Morgan fingerprint density at radius 3 is 2.69 bits per heavy atom. The number of hydrogen-bond donors (Lipinski definition) is 1. The molecule has 0 saturated heterocycles. The van der Waals surface area contributed by atoms with E-state index < -0.39 is 0 Å². The van der Waals surface area contributed by atoms with Crippen molar-refractivity contribution in [2.45, 2.75) is 31.2 Å². The van der Waals surface area contributed by atoms with Crippen molar-refractivity contribution in [2.24, 2.45) is 0 Å². The lowest BCUT2D eigenvalue weighted by Crippen LogP contribution is -2.23. The fourth-order valence-corrected chi connectivity index (χ4v) is 3.55. The van der Waals surface area contributed by atoms with Crippen LogP contribution in [0, 0.1) is 19.7 Å². The highest BCUT2D eigenvalue weighted by Crippen LogP contribution is 2.27. The molecule has 2 heterocycles. The molecular formula is C19H18FN3O2S. The van der Waals surface area contributed by atoms with E-state index in [-0.39, 0.29) is 11.7 Å². The molecule has 26 heavy (non-hydrogen) atoms. The topological polar surface area (TPSA) is 68.0 Å². The first-order valence-electron chi connectivity index (χ1n) is 8.07. The van der Waals surface area contributed by atoms with Crippen molar-refractivity contribution >= 4 is 17.7 Å². The summed E-state index contributed by atoms with van der Waals surface area (Å²) in [6, 6.07) is 9.50. The molecule has 3 aromatic rings. The van der Waals surface area contributed by atoms with Crippen molar-refractivity contribution in [3.05, 3.63) is 76.6 Å². The van der Waals surface area contributed by atoms with Gasteiger partial charge in [0.15, 0.2) is 0 Å². The van der Waals surface area contributed by atoms with Gasteiger partial charge in [0.2, 0.25) is 0 Å². The Morgan fingerprint density at radius 1 is 1.23 bits per heavy atom. The SMILES string of the molecule is Cc1noc(C)c1CSc1ncccc1C(=O)NCc1ccc(F)cc1. The molecule has 0 fully saturated rings. The van der Waals surface area contributed by atoms with Crippen LogP contribution in [0.5, 0.6) is 0 Å². The van der Waals surface area contributed by atoms with Crippen molar-refractivity contribution in [3.8, 4) is 0 Å². The van der Waals surface area contributed by atoms with E-state index in [0.29, 0.717) is 22.9 Å². The molecule has 2 aromatic heterocycles. The number of benzene rings is 1. The quantitative estimate of drug-likeness (QED) is 0.662. The highest BCUT2D eigenvalue weighted by molar-refractivity contribution is 7.98. The summed E-state index contributed by atoms with van der Waals surface area (Å²) in [6.45, 7) is 4.08. The van der Waals surface area contributed by atoms with Gasteiger partial charge in [0, 0.05) is 24.1 Å². The van der Waals surface area contributed by atoms with Crippen LogP contribution in [0.4, 0.5) is 4.39 Å². The van der Waals surface area contributed by atoms with Gasteiger partial charge in [-0.25, -0.2) is 9.37 Å². The minimum Gasteiger partial charge on any atom is -0.361 e. The number of amides is 1. The van der Waals surface area contributed by atoms with Crippen molar-refractivity contribution < 1.29 is 13.7 Å². The summed E-state index contributed by atoms with van der Waals surface area (Å²) in [4.78, 5) is 16.9. The Labute approximate surface area is 155 Å². The largest absolute Gasteiger partial charge is 0.361 e. The predicted octanol–water partition coefficient (Wildman–Crippen LogP) is 4.05. The van der Waals surface area contributed by atoms with E-state index in [1.807, 2.05) is 13.8 Å². The Bertz CT molecular complexity index is 890. The summed E-state index contributed by atoms with van der Waals surface area (Å²) < 4.78 is 18.1. The van der Waals surface area contributed by atoms with Crippen LogP contribution in [0.15, 0.2) is 52.1 Å². The number of hydrogen-bond acceptors (Lipinski definition) is 5. The van der Waals surface area contributed by atoms with Gasteiger partial charge in [0.1, 0.15) is 16.6 Å². The minimum atomic E-state index is -0.301. The van der Waals surface area contributed by atoms with Crippen LogP contribution in [0.3, 0.4) is 0 Å². The summed E-state index contributed by atoms with van der Waals surface area (Å²) in [6.07, 6.45) is 1.66. The smallest absolute Gasteiger partial charge is 0.254 e. The maximum atomic E-state index is 13.0. The van der Waals surface area contributed by atoms with Crippen LogP contribution in [0.2, 0.25) is 0 Å². The highest BCUT2D eigenvalue weighted by atomic mass is 32.2. The first-order chi connectivity index (χ1) is 12.5. The standard InChI is InChI=1S/C19H18FN3O2S/c1-12-17(13(2)25-23-12)11-26-19-16(4-3-9-21-19)18(24)22-10-14-5-7-15(20)8-6-14/h3-9H,10-11H2,1-2H3,(H,22,24). The van der Waals surface area contributed by atoms with E-state index in [1.54, 1.807) is 30.5 Å². The average molecular weight is 371 g/mol. The van der Waals surface area contributed by atoms with Crippen molar-refractivity contribution in [3.63, 3.8) is 0 Å². The summed E-state index contributed by atoms with van der Waals surface area (Å²) in [5, 5.41) is 7.43. The van der Waals surface area contributed by atoms with Gasteiger partial charge in [-0.1, -0.05) is 17.3 Å². The Kier molecular flexibility index (Phi) is 5.68. The summed E-state index contributed by atoms with van der Waals surface area (Å²) in [7, 11) is 0. The van der Waals surface area contributed by atoms with E-state index in [9.17, 15) is 9.18 Å². The van der Waals surface area contributed by atoms with E-state index in [0.717, 1.165) is 22.6 Å². The minimum absolute atomic E-state index is 0.219. The molecule has 7 heteroatoms. The molecule has 0 atom stereocenters. The summed E-state index contributed by atoms with van der Waals surface area (Å²) in [5.41, 5.74) is 3.19. The third kappa shape index (κ3) is 4.29. The number of thioether (sulfide) groups is 1. The Hall–Kier alpha value is -2.67. The summed E-state index contributed by atoms with van der Waals surface area (Å²) in [5.74, 6) is 0.874. The molecule has 0 spiro atoms. The van der Waals surface area contributed by atoms with Crippen LogP contribution in [-0.2, 0) is 12.3 Å². The molecule has 3 rings (SSSR count). The van der Waals surface area contributed by atoms with E-state index in [4.69, 9.17) is 4.52 Å². The zero-order valence-corrected chi connectivity index (χ0v) is 15.3. The second kappa shape index (κ2) is 8.14. The fourth-order valence-electron chi connectivity index (χ4n) is 2.41. The number of carbonyl (C=O) groups excluding carboxylic acids is 1. The van der Waals surface area contributed by atoms with E-state index >= 15 is 0 Å². The Balaban J connectivity index is 1.67. The van der Waals surface area contributed by atoms with Crippen LogP contribution in [0.1, 0.15) is 32.9 Å². The zero-order chi connectivity index (χ0) is 18.5. The fraction of sp³-hybridized carbons (Fsp3) is 0.211. The lowest BCUT2D eigenvalue weighted by atomic mass is 10.2. The van der Waals surface area contributed by atoms with Gasteiger partial charge < -0.3 is 9.84 Å². The molecule has 0 aliphatic carbocycles. The van der Waals surface area contributed by atoms with Gasteiger partial charge in [0.25, 0.3) is 5.91 Å². The van der Waals surface area contributed by atoms with Gasteiger partial charge in [-0.15, -0.1) is 11.8 Å². The van der Waals surface area contributed by atoms with Crippen LogP contribution in [0.25, 0.3) is 0 Å². The van der Waals surface area contributed by atoms with Gasteiger partial charge in [-0.2, -0.15) is 0 Å². The number of carbonyl (C=O) groups is 1. The monoisotopic (exact) mass is 371 g/mol. The van der Waals surface area contributed by atoms with Crippen LogP contribution in [-0.4, -0.2) is 16.0 Å². The number of rotatable bonds is 6. The third-order valence-electron chi connectivity index (χ3n) is 3.92. The zero-order valence-electron chi connectivity index (χ0n) is 14.5. The normalized spacial score (nSPS) is 10.7. The maximum Gasteiger partial charge on any atom is 0.254 e. The maximum absolute atomic E-state index is 13.0. The lowest BCUT2D eigenvalue weighted by molar-refractivity contribution is 0.0947. The first kappa shape index (κ1) is 18.1. The number of nitrogens with one attached hydrogen (secondary N) is 1. The predicted molar refractivity (Wildman–Crippen MR) is 97.3 cm³/mol. The molecule has 134 valence electrons. The van der Waals surface area contributed by atoms with Crippen LogP contribution < -0.4 is 5.32 Å².